The van der Waals surface area contributed by atoms with Crippen molar-refractivity contribution in [3.63, 3.8) is 0 Å². The molecule has 0 unspecified atom stereocenters. The third-order valence-electron chi connectivity index (χ3n) is 3.87. The van der Waals surface area contributed by atoms with Crippen molar-refractivity contribution >= 4 is 23.2 Å². The topological polar surface area (TPSA) is 50.7 Å². The first-order valence-electron chi connectivity index (χ1n) is 8.53. The van der Waals surface area contributed by atoms with Crippen LogP contribution in [0.5, 0.6) is 11.5 Å². The van der Waals surface area contributed by atoms with Gasteiger partial charge in [-0.2, -0.15) is 0 Å². The standard InChI is InChI=1S/C20H25Cl2NO3/c1-4-25-18-9-15(11-23-20(2,3)13-24)17(22)10-19(18)26-12-14-5-7-16(21)8-6-14/h5-10,23-24H,4,11-13H2,1-3H3. The molecule has 0 aliphatic carbocycles. The van der Waals surface area contributed by atoms with Crippen LogP contribution in [0.25, 0.3) is 0 Å². The molecular formula is C20H25Cl2NO3. The van der Waals surface area contributed by atoms with E-state index < -0.39 is 5.54 Å². The quantitative estimate of drug-likeness (QED) is 0.635. The van der Waals surface area contributed by atoms with Gasteiger partial charge < -0.3 is 19.9 Å². The molecule has 4 nitrogen and oxygen atoms in total. The van der Waals surface area contributed by atoms with Crippen LogP contribution in [0, 0.1) is 0 Å². The van der Waals surface area contributed by atoms with Gasteiger partial charge in [-0.3, -0.25) is 0 Å². The van der Waals surface area contributed by atoms with Crippen LogP contribution in [0.4, 0.5) is 0 Å². The number of halogens is 2. The lowest BCUT2D eigenvalue weighted by Gasteiger charge is -2.24. The van der Waals surface area contributed by atoms with Gasteiger partial charge in [0.25, 0.3) is 0 Å². The zero-order valence-electron chi connectivity index (χ0n) is 15.3. The van der Waals surface area contributed by atoms with Gasteiger partial charge in [0.1, 0.15) is 6.61 Å². The molecule has 6 heteroatoms. The normalized spacial score (nSPS) is 11.5. The van der Waals surface area contributed by atoms with Crippen LogP contribution in [-0.2, 0) is 13.2 Å². The van der Waals surface area contributed by atoms with Crippen molar-refractivity contribution in [2.45, 2.75) is 39.5 Å². The lowest BCUT2D eigenvalue weighted by atomic mass is 10.1. The monoisotopic (exact) mass is 397 g/mol. The Morgan fingerprint density at radius 1 is 1.04 bits per heavy atom. The van der Waals surface area contributed by atoms with Crippen molar-refractivity contribution in [1.82, 2.24) is 5.32 Å². The predicted molar refractivity (Wildman–Crippen MR) is 106 cm³/mol. The fourth-order valence-electron chi connectivity index (χ4n) is 2.23. The van der Waals surface area contributed by atoms with Gasteiger partial charge in [-0.25, -0.2) is 0 Å². The maximum atomic E-state index is 9.37. The molecule has 26 heavy (non-hydrogen) atoms. The van der Waals surface area contributed by atoms with E-state index in [1.54, 1.807) is 6.07 Å². The molecule has 0 radical (unpaired) electrons. The van der Waals surface area contributed by atoms with Gasteiger partial charge in [0.2, 0.25) is 0 Å². The minimum absolute atomic E-state index is 0.0330. The third kappa shape index (κ3) is 6.06. The Hall–Kier alpha value is -1.46. The second-order valence-corrected chi connectivity index (χ2v) is 7.48. The summed E-state index contributed by atoms with van der Waals surface area (Å²) in [5.74, 6) is 1.24. The molecule has 0 fully saturated rings. The van der Waals surface area contributed by atoms with Crippen LogP contribution in [-0.4, -0.2) is 23.9 Å². The predicted octanol–water partition coefficient (Wildman–Crippen LogP) is 4.83. The summed E-state index contributed by atoms with van der Waals surface area (Å²) in [6.07, 6.45) is 0. The first-order chi connectivity index (χ1) is 12.3. The zero-order valence-corrected chi connectivity index (χ0v) is 16.8. The second kappa shape index (κ2) is 9.47. The van der Waals surface area contributed by atoms with Crippen molar-refractivity contribution < 1.29 is 14.6 Å². The molecule has 0 saturated carbocycles. The molecule has 142 valence electrons. The number of aliphatic hydroxyl groups excluding tert-OH is 1. The molecule has 0 aromatic heterocycles. The summed E-state index contributed by atoms with van der Waals surface area (Å²) >= 11 is 12.3. The van der Waals surface area contributed by atoms with Gasteiger partial charge >= 0.3 is 0 Å². The Morgan fingerprint density at radius 3 is 2.31 bits per heavy atom. The SMILES string of the molecule is CCOc1cc(CNC(C)(C)CO)c(Cl)cc1OCc1ccc(Cl)cc1. The molecule has 2 aromatic rings. The van der Waals surface area contributed by atoms with Crippen LogP contribution < -0.4 is 14.8 Å². The molecule has 0 amide bonds. The van der Waals surface area contributed by atoms with E-state index in [9.17, 15) is 5.11 Å². The lowest BCUT2D eigenvalue weighted by molar-refractivity contribution is 0.187. The Kier molecular flexibility index (Phi) is 7.59. The minimum atomic E-state index is -0.390. The van der Waals surface area contributed by atoms with Crippen molar-refractivity contribution in [2.24, 2.45) is 0 Å². The second-order valence-electron chi connectivity index (χ2n) is 6.63. The van der Waals surface area contributed by atoms with Crippen LogP contribution in [0.2, 0.25) is 10.0 Å². The van der Waals surface area contributed by atoms with Crippen LogP contribution >= 0.6 is 23.2 Å². The number of hydrogen-bond donors (Lipinski definition) is 2. The van der Waals surface area contributed by atoms with Crippen molar-refractivity contribution in [3.05, 3.63) is 57.6 Å². The summed E-state index contributed by atoms with van der Waals surface area (Å²) in [5, 5.41) is 13.9. The lowest BCUT2D eigenvalue weighted by Crippen LogP contribution is -2.42. The van der Waals surface area contributed by atoms with Crippen molar-refractivity contribution in [3.8, 4) is 11.5 Å². The number of hydrogen-bond acceptors (Lipinski definition) is 4. The highest BCUT2D eigenvalue weighted by Gasteiger charge is 2.17. The van der Waals surface area contributed by atoms with E-state index in [4.69, 9.17) is 32.7 Å². The molecule has 0 spiro atoms. The molecule has 0 heterocycles. The van der Waals surface area contributed by atoms with Gasteiger partial charge in [0.15, 0.2) is 11.5 Å². The smallest absolute Gasteiger partial charge is 0.163 e. The van der Waals surface area contributed by atoms with Gasteiger partial charge in [-0.1, -0.05) is 35.3 Å². The highest BCUT2D eigenvalue weighted by molar-refractivity contribution is 6.31. The molecule has 0 aliphatic rings. The average Bonchev–Trinajstić information content (AvgIpc) is 2.62. The molecule has 0 bridgehead atoms. The molecule has 0 atom stereocenters. The summed E-state index contributed by atoms with van der Waals surface area (Å²) in [5.41, 5.74) is 1.50. The average molecular weight is 398 g/mol. The largest absolute Gasteiger partial charge is 0.490 e. The van der Waals surface area contributed by atoms with Crippen LogP contribution in [0.15, 0.2) is 36.4 Å². The Morgan fingerprint density at radius 2 is 1.69 bits per heavy atom. The number of rotatable bonds is 9. The number of nitrogens with one attached hydrogen (secondary N) is 1. The summed E-state index contributed by atoms with van der Waals surface area (Å²) in [6, 6.07) is 11.1. The van der Waals surface area contributed by atoms with E-state index in [2.05, 4.69) is 5.32 Å². The first kappa shape index (κ1) is 20.8. The van der Waals surface area contributed by atoms with Gasteiger partial charge in [0, 0.05) is 28.2 Å². The highest BCUT2D eigenvalue weighted by atomic mass is 35.5. The van der Waals surface area contributed by atoms with E-state index in [0.29, 0.717) is 41.3 Å². The van der Waals surface area contributed by atoms with E-state index in [1.807, 2.05) is 51.1 Å². The van der Waals surface area contributed by atoms with E-state index in [0.717, 1.165) is 11.1 Å². The van der Waals surface area contributed by atoms with E-state index in [-0.39, 0.29) is 6.61 Å². The summed E-state index contributed by atoms with van der Waals surface area (Å²) in [7, 11) is 0. The van der Waals surface area contributed by atoms with Gasteiger partial charge in [-0.15, -0.1) is 0 Å². The fraction of sp³-hybridized carbons (Fsp3) is 0.400. The number of benzene rings is 2. The first-order valence-corrected chi connectivity index (χ1v) is 9.28. The Labute approximate surface area is 165 Å². The van der Waals surface area contributed by atoms with Gasteiger partial charge in [0.05, 0.1) is 13.2 Å². The molecule has 2 aromatic carbocycles. The van der Waals surface area contributed by atoms with Gasteiger partial charge in [-0.05, 0) is 50.1 Å². The number of aliphatic hydroxyl groups is 1. The summed E-state index contributed by atoms with van der Waals surface area (Å²) < 4.78 is 11.6. The van der Waals surface area contributed by atoms with Crippen LogP contribution in [0.1, 0.15) is 31.9 Å². The molecular weight excluding hydrogens is 373 g/mol. The van der Waals surface area contributed by atoms with Crippen molar-refractivity contribution in [2.75, 3.05) is 13.2 Å². The summed E-state index contributed by atoms with van der Waals surface area (Å²) in [6.45, 7) is 7.23. The third-order valence-corrected chi connectivity index (χ3v) is 4.48. The molecule has 0 aliphatic heterocycles. The maximum Gasteiger partial charge on any atom is 0.163 e. The minimum Gasteiger partial charge on any atom is -0.490 e. The van der Waals surface area contributed by atoms with Crippen LogP contribution in [0.3, 0.4) is 0 Å². The molecule has 0 saturated heterocycles. The van der Waals surface area contributed by atoms with Crippen molar-refractivity contribution in [1.29, 1.82) is 0 Å². The zero-order chi connectivity index (χ0) is 19.2. The molecule has 2 rings (SSSR count). The van der Waals surface area contributed by atoms with E-state index >= 15 is 0 Å². The summed E-state index contributed by atoms with van der Waals surface area (Å²) in [4.78, 5) is 0. The maximum absolute atomic E-state index is 9.37. The highest BCUT2D eigenvalue weighted by Crippen LogP contribution is 2.34. The fourth-order valence-corrected chi connectivity index (χ4v) is 2.57. The number of ether oxygens (including phenoxy) is 2. The Balaban J connectivity index is 2.15. The Bertz CT molecular complexity index is 718. The van der Waals surface area contributed by atoms with E-state index in [1.165, 1.54) is 0 Å². The molecule has 2 N–H and O–H groups in total.